The van der Waals surface area contributed by atoms with E-state index in [0.29, 0.717) is 32.3 Å². The summed E-state index contributed by atoms with van der Waals surface area (Å²) < 4.78 is 4.98. The highest BCUT2D eigenvalue weighted by Gasteiger charge is 2.18. The van der Waals surface area contributed by atoms with Crippen molar-refractivity contribution < 1.29 is 14.6 Å². The van der Waals surface area contributed by atoms with Crippen molar-refractivity contribution in [1.29, 1.82) is 5.26 Å². The van der Waals surface area contributed by atoms with Gasteiger partial charge in [0.05, 0.1) is 18.9 Å². The number of thiophene rings is 1. The Labute approximate surface area is 136 Å². The first-order valence-electron chi connectivity index (χ1n) is 6.47. The monoisotopic (exact) mass is 330 g/mol. The molecule has 7 nitrogen and oxygen atoms in total. The second-order valence-electron chi connectivity index (χ2n) is 4.54. The van der Waals surface area contributed by atoms with Gasteiger partial charge in [-0.1, -0.05) is 0 Å². The molecule has 0 saturated heterocycles. The molecule has 0 bridgehead atoms. The van der Waals surface area contributed by atoms with E-state index in [9.17, 15) is 9.90 Å². The van der Waals surface area contributed by atoms with Crippen LogP contribution in [0.1, 0.15) is 26.4 Å². The summed E-state index contributed by atoms with van der Waals surface area (Å²) in [5, 5.41) is 22.6. The zero-order valence-corrected chi connectivity index (χ0v) is 13.3. The first-order valence-corrected chi connectivity index (χ1v) is 7.29. The molecular weight excluding hydrogens is 316 g/mol. The first kappa shape index (κ1) is 16.3. The molecule has 1 amide bonds. The van der Waals surface area contributed by atoms with Crippen molar-refractivity contribution in [3.05, 3.63) is 39.8 Å². The Morgan fingerprint density at radius 2 is 2.30 bits per heavy atom. The molecule has 4 N–H and O–H groups in total. The molecule has 1 aromatic carbocycles. The van der Waals surface area contributed by atoms with Gasteiger partial charge in [-0.15, -0.1) is 11.3 Å². The van der Waals surface area contributed by atoms with E-state index < -0.39 is 5.91 Å². The maximum absolute atomic E-state index is 12.1. The van der Waals surface area contributed by atoms with E-state index in [2.05, 4.69) is 10.5 Å². The summed E-state index contributed by atoms with van der Waals surface area (Å²) in [5.41, 5.74) is 9.56. The van der Waals surface area contributed by atoms with Gasteiger partial charge in [-0.2, -0.15) is 10.4 Å². The normalized spacial score (nSPS) is 10.5. The van der Waals surface area contributed by atoms with Crippen LogP contribution in [0.2, 0.25) is 0 Å². The molecular formula is C15H14N4O3S. The lowest BCUT2D eigenvalue weighted by atomic mass is 10.2. The average Bonchev–Trinajstić information content (AvgIpc) is 2.83. The Kier molecular flexibility index (Phi) is 4.83. The minimum atomic E-state index is -0.442. The van der Waals surface area contributed by atoms with Crippen LogP contribution >= 0.6 is 11.3 Å². The van der Waals surface area contributed by atoms with Gasteiger partial charge in [0.25, 0.3) is 5.91 Å². The van der Waals surface area contributed by atoms with Crippen LogP contribution in [-0.4, -0.2) is 24.3 Å². The molecule has 0 aliphatic rings. The molecule has 0 aliphatic carbocycles. The van der Waals surface area contributed by atoms with Crippen LogP contribution < -0.4 is 15.9 Å². The number of nitrogen functional groups attached to an aromatic ring is 1. The molecule has 23 heavy (non-hydrogen) atoms. The van der Waals surface area contributed by atoms with Crippen LogP contribution in [0, 0.1) is 18.3 Å². The van der Waals surface area contributed by atoms with Gasteiger partial charge in [-0.25, -0.2) is 5.43 Å². The summed E-state index contributed by atoms with van der Waals surface area (Å²) in [6.45, 7) is 1.66. The second kappa shape index (κ2) is 6.81. The van der Waals surface area contributed by atoms with Gasteiger partial charge >= 0.3 is 0 Å². The average molecular weight is 330 g/mol. The summed E-state index contributed by atoms with van der Waals surface area (Å²) in [7, 11) is 1.44. The van der Waals surface area contributed by atoms with Crippen molar-refractivity contribution in [3.8, 4) is 17.6 Å². The molecule has 118 valence electrons. The smallest absolute Gasteiger partial charge is 0.281 e. The molecule has 0 radical (unpaired) electrons. The standard InChI is InChI=1S/C15H14N4O3S/c1-8-10(6-16)14(17)23-13(8)15(21)19-18-7-9-3-4-11(20)12(5-9)22-2/h3-5,7,20H,17H2,1-2H3,(H,19,21)/b18-7+. The van der Waals surface area contributed by atoms with Crippen molar-refractivity contribution in [3.63, 3.8) is 0 Å². The topological polar surface area (TPSA) is 121 Å². The highest BCUT2D eigenvalue weighted by Crippen LogP contribution is 2.29. The van der Waals surface area contributed by atoms with Crippen molar-refractivity contribution in [1.82, 2.24) is 5.43 Å². The van der Waals surface area contributed by atoms with Crippen molar-refractivity contribution >= 4 is 28.5 Å². The van der Waals surface area contributed by atoms with Crippen LogP contribution in [0.3, 0.4) is 0 Å². The molecule has 0 atom stereocenters. The number of benzene rings is 1. The summed E-state index contributed by atoms with van der Waals surface area (Å²) in [4.78, 5) is 12.4. The van der Waals surface area contributed by atoms with Gasteiger partial charge in [-0.3, -0.25) is 4.79 Å². The zero-order valence-electron chi connectivity index (χ0n) is 12.5. The molecule has 2 aromatic rings. The van der Waals surface area contributed by atoms with Gasteiger partial charge in [0, 0.05) is 0 Å². The second-order valence-corrected chi connectivity index (χ2v) is 5.59. The molecule has 1 aromatic heterocycles. The van der Waals surface area contributed by atoms with E-state index in [1.165, 1.54) is 19.4 Å². The van der Waals surface area contributed by atoms with Gasteiger partial charge in [-0.05, 0) is 36.2 Å². The molecule has 0 saturated carbocycles. The van der Waals surface area contributed by atoms with Crippen LogP contribution in [0.4, 0.5) is 5.00 Å². The zero-order chi connectivity index (χ0) is 17.0. The lowest BCUT2D eigenvalue weighted by molar-refractivity contribution is 0.0958. The molecule has 0 spiro atoms. The Hall–Kier alpha value is -3.05. The number of nitrogens with two attached hydrogens (primary N) is 1. The summed E-state index contributed by atoms with van der Waals surface area (Å²) in [6.07, 6.45) is 1.41. The number of methoxy groups -OCH3 is 1. The lowest BCUT2D eigenvalue weighted by Gasteiger charge is -2.03. The number of phenols is 1. The van der Waals surface area contributed by atoms with E-state index in [4.69, 9.17) is 15.7 Å². The molecule has 0 fully saturated rings. The summed E-state index contributed by atoms with van der Waals surface area (Å²) in [6, 6.07) is 6.63. The Bertz CT molecular complexity index is 821. The van der Waals surface area contributed by atoms with Gasteiger partial charge in [0.15, 0.2) is 11.5 Å². The fraction of sp³-hybridized carbons (Fsp3) is 0.133. The Morgan fingerprint density at radius 3 is 2.91 bits per heavy atom. The number of nitrogens with zero attached hydrogens (tertiary/aromatic N) is 2. The van der Waals surface area contributed by atoms with E-state index >= 15 is 0 Å². The maximum Gasteiger partial charge on any atom is 0.281 e. The van der Waals surface area contributed by atoms with Gasteiger partial charge in [0.2, 0.25) is 0 Å². The third-order valence-electron chi connectivity index (χ3n) is 3.08. The fourth-order valence-electron chi connectivity index (χ4n) is 1.88. The highest BCUT2D eigenvalue weighted by atomic mass is 32.1. The molecule has 1 heterocycles. The van der Waals surface area contributed by atoms with E-state index in [0.717, 1.165) is 11.3 Å². The summed E-state index contributed by atoms with van der Waals surface area (Å²) in [5.74, 6) is -0.120. The SMILES string of the molecule is COc1cc(/C=N/NC(=O)c2sc(N)c(C#N)c2C)ccc1O. The third-order valence-corrected chi connectivity index (χ3v) is 4.20. The highest BCUT2D eigenvalue weighted by molar-refractivity contribution is 7.18. The number of phenolic OH excluding ortho intramolecular Hbond substituents is 1. The fourth-order valence-corrected chi connectivity index (χ4v) is 2.80. The third kappa shape index (κ3) is 3.41. The number of anilines is 1. The van der Waals surface area contributed by atoms with E-state index in [1.54, 1.807) is 19.1 Å². The number of hydrogen-bond acceptors (Lipinski definition) is 7. The van der Waals surface area contributed by atoms with Crippen LogP contribution in [-0.2, 0) is 0 Å². The lowest BCUT2D eigenvalue weighted by Crippen LogP contribution is -2.17. The van der Waals surface area contributed by atoms with E-state index in [1.807, 2.05) is 6.07 Å². The van der Waals surface area contributed by atoms with Crippen molar-refractivity contribution in [2.24, 2.45) is 5.10 Å². The number of carbonyl (C=O) groups is 1. The number of ether oxygens (including phenoxy) is 1. The minimum absolute atomic E-state index is 0.0161. The molecule has 8 heteroatoms. The van der Waals surface area contributed by atoms with Crippen molar-refractivity contribution in [2.45, 2.75) is 6.92 Å². The van der Waals surface area contributed by atoms with Gasteiger partial charge < -0.3 is 15.6 Å². The first-order chi connectivity index (χ1) is 11.0. The quantitative estimate of drug-likeness (QED) is 0.585. The predicted octanol–water partition coefficient (Wildman–Crippen LogP) is 1.99. The number of nitriles is 1. The number of nitrogens with one attached hydrogen (secondary N) is 1. The minimum Gasteiger partial charge on any atom is -0.504 e. The Balaban J connectivity index is 2.12. The number of hydrazone groups is 1. The molecule has 0 unspecified atom stereocenters. The molecule has 2 rings (SSSR count). The maximum atomic E-state index is 12.1. The van der Waals surface area contributed by atoms with Crippen LogP contribution in [0.25, 0.3) is 0 Å². The van der Waals surface area contributed by atoms with E-state index in [-0.39, 0.29) is 5.75 Å². The van der Waals surface area contributed by atoms with Crippen LogP contribution in [0.5, 0.6) is 11.5 Å². The number of aromatic hydroxyl groups is 1. The largest absolute Gasteiger partial charge is 0.504 e. The number of amides is 1. The Morgan fingerprint density at radius 1 is 1.57 bits per heavy atom. The number of carbonyl (C=O) groups excluding carboxylic acids is 1. The van der Waals surface area contributed by atoms with Crippen LogP contribution in [0.15, 0.2) is 23.3 Å². The molecule has 0 aliphatic heterocycles. The predicted molar refractivity (Wildman–Crippen MR) is 87.9 cm³/mol. The number of rotatable bonds is 4. The van der Waals surface area contributed by atoms with Gasteiger partial charge in [0.1, 0.15) is 15.9 Å². The van der Waals surface area contributed by atoms with Crippen molar-refractivity contribution in [2.75, 3.05) is 12.8 Å². The summed E-state index contributed by atoms with van der Waals surface area (Å²) >= 11 is 1.04. The number of hydrogen-bond donors (Lipinski definition) is 3.